The summed E-state index contributed by atoms with van der Waals surface area (Å²) < 4.78 is 38.8. The van der Waals surface area contributed by atoms with E-state index in [2.05, 4.69) is 25.4 Å². The van der Waals surface area contributed by atoms with Gasteiger partial charge in [-0.15, -0.1) is 0 Å². The predicted molar refractivity (Wildman–Crippen MR) is 252 cm³/mol. The SMILES string of the molecule is CC(C)[C@@H]1NC(=O)OC1=O.COCCOCCCC(=O)C(CCC(=O)OCc1ccccc1)NC(=O)C(=O)[C@@H](C)C(C)C.COCCOCCN.O=C(CC[C@@H]1NC(=O)OC1=O)OCc1ccccc1. The van der Waals surface area contributed by atoms with E-state index in [1.807, 2.05) is 88.4 Å². The number of Topliss-reactive ketones (excluding diaryl/α,β-unsaturated/α-hetero) is 2. The number of rotatable bonds is 28. The van der Waals surface area contributed by atoms with Crippen LogP contribution in [0.3, 0.4) is 0 Å². The summed E-state index contributed by atoms with van der Waals surface area (Å²) >= 11 is 0. The highest BCUT2D eigenvalue weighted by molar-refractivity contribution is 6.37. The minimum atomic E-state index is -0.941. The van der Waals surface area contributed by atoms with Crippen molar-refractivity contribution < 1.29 is 81.0 Å². The van der Waals surface area contributed by atoms with Crippen molar-refractivity contribution in [2.45, 2.75) is 104 Å². The van der Waals surface area contributed by atoms with Crippen molar-refractivity contribution in [3.8, 4) is 0 Å². The van der Waals surface area contributed by atoms with Crippen LogP contribution in [-0.2, 0) is 84.7 Å². The Morgan fingerprint density at radius 1 is 0.657 bits per heavy atom. The molecule has 390 valence electrons. The number of methoxy groups -OCH3 is 2. The summed E-state index contributed by atoms with van der Waals surface area (Å²) in [5, 5.41) is 7.24. The monoisotopic (exact) mass is 988 g/mol. The number of hydrogen-bond acceptors (Lipinski definition) is 18. The minimum absolute atomic E-state index is 0.00499. The van der Waals surface area contributed by atoms with Crippen LogP contribution in [0.4, 0.5) is 9.59 Å². The van der Waals surface area contributed by atoms with Crippen LogP contribution in [0.25, 0.3) is 0 Å². The normalized spacial score (nSPS) is 15.5. The topological polar surface area (TPSA) is 290 Å². The van der Waals surface area contributed by atoms with Crippen molar-refractivity contribution in [1.82, 2.24) is 16.0 Å². The third-order valence-electron chi connectivity index (χ3n) is 10.1. The summed E-state index contributed by atoms with van der Waals surface area (Å²) in [6.45, 7) is 13.2. The molecule has 0 bridgehead atoms. The number of carbonyl (C=O) groups excluding carboxylic acids is 9. The van der Waals surface area contributed by atoms with Gasteiger partial charge in [0.1, 0.15) is 25.3 Å². The molecule has 4 rings (SSSR count). The molecule has 70 heavy (non-hydrogen) atoms. The van der Waals surface area contributed by atoms with Gasteiger partial charge < -0.3 is 59.6 Å². The highest BCUT2D eigenvalue weighted by Gasteiger charge is 2.35. The molecule has 0 saturated carbocycles. The Morgan fingerprint density at radius 3 is 1.61 bits per heavy atom. The number of amides is 3. The summed E-state index contributed by atoms with van der Waals surface area (Å²) in [5.74, 6) is -4.02. The molecule has 4 atom stereocenters. The Balaban J connectivity index is 0.000000547. The lowest BCUT2D eigenvalue weighted by Gasteiger charge is -2.19. The molecule has 2 aliphatic heterocycles. The fourth-order valence-corrected chi connectivity index (χ4v) is 5.68. The van der Waals surface area contributed by atoms with Crippen molar-refractivity contribution in [1.29, 1.82) is 0 Å². The average Bonchev–Trinajstić information content (AvgIpc) is 3.88. The first-order valence-corrected chi connectivity index (χ1v) is 23.1. The number of esters is 4. The molecule has 1 unspecified atom stereocenters. The third-order valence-corrected chi connectivity index (χ3v) is 10.1. The van der Waals surface area contributed by atoms with Crippen molar-refractivity contribution in [2.24, 2.45) is 23.5 Å². The van der Waals surface area contributed by atoms with Crippen molar-refractivity contribution >= 4 is 53.5 Å². The van der Waals surface area contributed by atoms with Gasteiger partial charge in [0.05, 0.1) is 39.1 Å². The highest BCUT2D eigenvalue weighted by atomic mass is 16.6. The highest BCUT2D eigenvalue weighted by Crippen LogP contribution is 2.14. The van der Waals surface area contributed by atoms with Crippen LogP contribution in [0.5, 0.6) is 0 Å². The van der Waals surface area contributed by atoms with Gasteiger partial charge in [-0.25, -0.2) is 19.2 Å². The van der Waals surface area contributed by atoms with Crippen LogP contribution in [0.1, 0.15) is 84.3 Å². The van der Waals surface area contributed by atoms with Crippen LogP contribution in [0.15, 0.2) is 60.7 Å². The van der Waals surface area contributed by atoms with Gasteiger partial charge >= 0.3 is 36.1 Å². The predicted octanol–water partition coefficient (Wildman–Crippen LogP) is 3.90. The Bertz CT molecular complexity index is 1890. The molecule has 2 heterocycles. The molecule has 0 aliphatic carbocycles. The van der Waals surface area contributed by atoms with E-state index in [4.69, 9.17) is 34.2 Å². The fourth-order valence-electron chi connectivity index (χ4n) is 5.68. The lowest BCUT2D eigenvalue weighted by atomic mass is 9.92. The van der Waals surface area contributed by atoms with E-state index in [1.54, 1.807) is 21.1 Å². The molecule has 21 nitrogen and oxygen atoms in total. The number of cyclic esters (lactones) is 4. The van der Waals surface area contributed by atoms with E-state index in [0.29, 0.717) is 52.6 Å². The Labute approximate surface area is 409 Å². The van der Waals surface area contributed by atoms with Gasteiger partial charge in [0.25, 0.3) is 5.91 Å². The van der Waals surface area contributed by atoms with Crippen molar-refractivity contribution in [3.63, 3.8) is 0 Å². The largest absolute Gasteiger partial charge is 0.461 e. The van der Waals surface area contributed by atoms with Crippen LogP contribution in [0, 0.1) is 17.8 Å². The maximum absolute atomic E-state index is 12.7. The Hall–Kier alpha value is -6.13. The number of benzene rings is 2. The molecule has 2 fully saturated rings. The standard InChI is InChI=1S/C25H37NO7.C13H13NO5.C6H9NO3.C5H13NO2/c1-18(2)19(3)24(29)25(30)26-21(22(27)11-8-14-32-16-15-31-4)12-13-23(28)33-17-20-9-6-5-7-10-20;15-11(18-8-9-4-2-1-3-5-9)7-6-10-12(16)19-13(17)14-10;1-3(2)4-5(8)10-6(9)7-4;1-7-4-5-8-3-2-6/h5-7,9-10,18-19,21H,8,11-17H2,1-4H3,(H,26,30);1-5,10H,6-8H2,(H,14,17);3-4H,1-2H3,(H,7,9);2-6H2,1H3/t19-,21?;10-;4-;/m000./s1. The quantitative estimate of drug-likeness (QED) is 0.0309. The molecule has 2 aliphatic rings. The smallest absolute Gasteiger partial charge is 0.415 e. The number of nitrogens with two attached hydrogens (primary N) is 1. The number of ketones is 2. The van der Waals surface area contributed by atoms with Crippen molar-refractivity contribution in [3.05, 3.63) is 71.8 Å². The average molecular weight is 989 g/mol. The molecule has 0 spiro atoms. The molecule has 0 aromatic heterocycles. The van der Waals surface area contributed by atoms with Gasteiger partial charge in [0.2, 0.25) is 5.78 Å². The van der Waals surface area contributed by atoms with Crippen LogP contribution in [0.2, 0.25) is 0 Å². The van der Waals surface area contributed by atoms with Gasteiger partial charge in [-0.05, 0) is 42.2 Å². The molecular weight excluding hydrogens is 917 g/mol. The summed E-state index contributed by atoms with van der Waals surface area (Å²) in [6.07, 6.45) is -0.551. The molecule has 0 radical (unpaired) electrons. The molecule has 5 N–H and O–H groups in total. The van der Waals surface area contributed by atoms with Crippen LogP contribution < -0.4 is 21.7 Å². The van der Waals surface area contributed by atoms with Crippen molar-refractivity contribution in [2.75, 3.05) is 60.4 Å². The molecule has 21 heteroatoms. The minimum Gasteiger partial charge on any atom is -0.461 e. The van der Waals surface area contributed by atoms with Gasteiger partial charge in [-0.3, -0.25) is 24.0 Å². The van der Waals surface area contributed by atoms with Crippen LogP contribution >= 0.6 is 0 Å². The maximum atomic E-state index is 12.7. The lowest BCUT2D eigenvalue weighted by molar-refractivity contribution is -0.146. The van der Waals surface area contributed by atoms with Gasteiger partial charge in [0, 0.05) is 52.6 Å². The second-order valence-corrected chi connectivity index (χ2v) is 16.3. The summed E-state index contributed by atoms with van der Waals surface area (Å²) in [4.78, 5) is 104. The van der Waals surface area contributed by atoms with E-state index in [9.17, 15) is 43.2 Å². The first-order valence-electron chi connectivity index (χ1n) is 23.1. The second-order valence-electron chi connectivity index (χ2n) is 16.3. The lowest BCUT2D eigenvalue weighted by Crippen LogP contribution is -2.46. The molecule has 3 amide bonds. The second kappa shape index (κ2) is 36.8. The number of alkyl carbamates (subject to hydrolysis) is 2. The van der Waals surface area contributed by atoms with E-state index in [0.717, 1.165) is 11.1 Å². The van der Waals surface area contributed by atoms with Gasteiger partial charge in [-0.2, -0.15) is 0 Å². The maximum Gasteiger partial charge on any atom is 0.415 e. The van der Waals surface area contributed by atoms with Gasteiger partial charge in [-0.1, -0.05) is 95.3 Å². The number of hydrogen-bond donors (Lipinski definition) is 4. The molecular formula is C49H72N4O17. The Morgan fingerprint density at radius 2 is 1.17 bits per heavy atom. The van der Waals surface area contributed by atoms with E-state index >= 15 is 0 Å². The van der Waals surface area contributed by atoms with E-state index < -0.39 is 71.8 Å². The summed E-state index contributed by atoms with van der Waals surface area (Å²) in [5.41, 5.74) is 6.89. The molecule has 2 aromatic carbocycles. The number of ether oxygens (including phenoxy) is 8. The zero-order chi connectivity index (χ0) is 52.3. The number of carbonyl (C=O) groups is 9. The van der Waals surface area contributed by atoms with Gasteiger partial charge in [0.15, 0.2) is 5.78 Å². The Kier molecular flexibility index (Phi) is 32.5. The first kappa shape index (κ1) is 61.9. The zero-order valence-electron chi connectivity index (χ0n) is 41.4. The summed E-state index contributed by atoms with van der Waals surface area (Å²) in [7, 11) is 3.22. The van der Waals surface area contributed by atoms with E-state index in [-0.39, 0.29) is 62.9 Å². The first-order chi connectivity index (χ1) is 33.4. The molecule has 2 saturated heterocycles. The fraction of sp³-hybridized carbons (Fsp3) is 0.571. The van der Waals surface area contributed by atoms with E-state index in [1.165, 1.54) is 0 Å². The third kappa shape index (κ3) is 27.8. The number of nitrogens with one attached hydrogen (secondary N) is 3. The molecule has 2 aromatic rings. The zero-order valence-corrected chi connectivity index (χ0v) is 41.4. The van der Waals surface area contributed by atoms with Crippen LogP contribution in [-0.4, -0.2) is 132 Å². The summed E-state index contributed by atoms with van der Waals surface area (Å²) in [6, 6.07) is 16.4.